The van der Waals surface area contributed by atoms with E-state index >= 15 is 0 Å². The number of aryl methyl sites for hydroxylation is 1. The molecule has 0 amide bonds. The van der Waals surface area contributed by atoms with E-state index in [9.17, 15) is 0 Å². The van der Waals surface area contributed by atoms with Crippen molar-refractivity contribution in [2.75, 3.05) is 6.54 Å². The topological polar surface area (TPSA) is 56.7 Å². The van der Waals surface area contributed by atoms with Crippen LogP contribution in [-0.2, 0) is 6.42 Å². The number of hydrogen-bond donors (Lipinski definition) is 1. The summed E-state index contributed by atoms with van der Waals surface area (Å²) in [6.45, 7) is 7.69. The largest absolute Gasteiger partial charge is 0.330 e. The van der Waals surface area contributed by atoms with Gasteiger partial charge in [0.25, 0.3) is 0 Å². The van der Waals surface area contributed by atoms with Gasteiger partial charge in [0.05, 0.1) is 0 Å². The van der Waals surface area contributed by atoms with Crippen LogP contribution in [0, 0.1) is 11.3 Å². The second-order valence-corrected chi connectivity index (χ2v) is 6.56. The average molecular weight is 250 g/mol. The summed E-state index contributed by atoms with van der Waals surface area (Å²) >= 11 is 0. The van der Waals surface area contributed by atoms with Crippen LogP contribution in [-0.4, -0.2) is 21.3 Å². The molecule has 4 heteroatoms. The Morgan fingerprint density at radius 1 is 1.39 bits per heavy atom. The van der Waals surface area contributed by atoms with Crippen molar-refractivity contribution in [3.8, 4) is 0 Å². The Labute approximate surface area is 110 Å². The molecule has 2 N–H and O–H groups in total. The van der Waals surface area contributed by atoms with Crippen LogP contribution >= 0.6 is 0 Å². The summed E-state index contributed by atoms with van der Waals surface area (Å²) in [5.41, 5.74) is 6.05. The summed E-state index contributed by atoms with van der Waals surface area (Å²) in [6, 6.07) is 0.678. The Morgan fingerprint density at radius 3 is 2.67 bits per heavy atom. The molecule has 0 bridgehead atoms. The third-order valence-corrected chi connectivity index (χ3v) is 4.04. The molecule has 102 valence electrons. The first-order valence-electron chi connectivity index (χ1n) is 7.11. The van der Waals surface area contributed by atoms with Gasteiger partial charge < -0.3 is 10.3 Å². The fourth-order valence-electron chi connectivity index (χ4n) is 2.62. The highest BCUT2D eigenvalue weighted by Gasteiger charge is 2.28. The van der Waals surface area contributed by atoms with Gasteiger partial charge in [-0.1, -0.05) is 20.8 Å². The zero-order valence-electron chi connectivity index (χ0n) is 11.9. The van der Waals surface area contributed by atoms with E-state index in [-0.39, 0.29) is 0 Å². The van der Waals surface area contributed by atoms with Crippen LogP contribution in [0.2, 0.25) is 0 Å². The van der Waals surface area contributed by atoms with Gasteiger partial charge in [0.2, 0.25) is 0 Å². The van der Waals surface area contributed by atoms with Crippen molar-refractivity contribution in [2.24, 2.45) is 17.1 Å². The molecule has 1 saturated carbocycles. The van der Waals surface area contributed by atoms with Gasteiger partial charge in [-0.2, -0.15) is 0 Å². The van der Waals surface area contributed by atoms with E-state index in [2.05, 4.69) is 35.5 Å². The Balaban J connectivity index is 1.94. The Hall–Kier alpha value is -0.900. The van der Waals surface area contributed by atoms with E-state index in [0.717, 1.165) is 31.6 Å². The summed E-state index contributed by atoms with van der Waals surface area (Å²) in [4.78, 5) is 0. The average Bonchev–Trinajstić information content (AvgIpc) is 3.03. The quantitative estimate of drug-likeness (QED) is 0.844. The van der Waals surface area contributed by atoms with Crippen LogP contribution in [0.3, 0.4) is 0 Å². The van der Waals surface area contributed by atoms with E-state index in [0.29, 0.717) is 17.4 Å². The minimum absolute atomic E-state index is 0.323. The summed E-state index contributed by atoms with van der Waals surface area (Å²) in [6.07, 6.45) is 7.75. The number of nitrogens with two attached hydrogens (primary N) is 1. The molecule has 1 aliphatic carbocycles. The molecule has 0 aliphatic heterocycles. The molecular formula is C14H26N4. The Morgan fingerprint density at radius 2 is 2.11 bits per heavy atom. The van der Waals surface area contributed by atoms with Gasteiger partial charge in [0, 0.05) is 12.5 Å². The molecule has 1 aliphatic rings. The lowest BCUT2D eigenvalue weighted by Gasteiger charge is -2.30. The van der Waals surface area contributed by atoms with Crippen LogP contribution in [0.4, 0.5) is 0 Å². The first-order chi connectivity index (χ1) is 8.52. The Bertz CT molecular complexity index is 373. The molecular weight excluding hydrogens is 224 g/mol. The molecule has 0 spiro atoms. The number of rotatable bonds is 6. The van der Waals surface area contributed by atoms with Gasteiger partial charge in [-0.05, 0) is 43.6 Å². The van der Waals surface area contributed by atoms with Gasteiger partial charge in [0.15, 0.2) is 0 Å². The highest BCUT2D eigenvalue weighted by Crippen LogP contribution is 2.36. The predicted octanol–water partition coefficient (Wildman–Crippen LogP) is 2.56. The van der Waals surface area contributed by atoms with Gasteiger partial charge in [-0.15, -0.1) is 10.2 Å². The third kappa shape index (κ3) is 3.31. The SMILES string of the molecule is CC(C)(C)C(CCN)CCc1nncn1C1CC1. The molecule has 18 heavy (non-hydrogen) atoms. The van der Waals surface area contributed by atoms with E-state index < -0.39 is 0 Å². The van der Waals surface area contributed by atoms with Crippen LogP contribution in [0.5, 0.6) is 0 Å². The fraction of sp³-hybridized carbons (Fsp3) is 0.857. The molecule has 1 unspecified atom stereocenters. The van der Waals surface area contributed by atoms with Crippen LogP contribution in [0.25, 0.3) is 0 Å². The highest BCUT2D eigenvalue weighted by atomic mass is 15.3. The Kier molecular flexibility index (Phi) is 4.05. The van der Waals surface area contributed by atoms with E-state index in [4.69, 9.17) is 5.73 Å². The minimum Gasteiger partial charge on any atom is -0.330 e. The molecule has 4 nitrogen and oxygen atoms in total. The van der Waals surface area contributed by atoms with Crippen molar-refractivity contribution >= 4 is 0 Å². The summed E-state index contributed by atoms with van der Waals surface area (Å²) < 4.78 is 2.27. The van der Waals surface area contributed by atoms with Crippen molar-refractivity contribution in [1.82, 2.24) is 14.8 Å². The minimum atomic E-state index is 0.323. The van der Waals surface area contributed by atoms with Crippen LogP contribution in [0.1, 0.15) is 58.3 Å². The lowest BCUT2D eigenvalue weighted by molar-refractivity contribution is 0.213. The molecule has 1 heterocycles. The van der Waals surface area contributed by atoms with Crippen molar-refractivity contribution in [3.05, 3.63) is 12.2 Å². The van der Waals surface area contributed by atoms with Crippen molar-refractivity contribution in [2.45, 2.75) is 58.9 Å². The van der Waals surface area contributed by atoms with Crippen LogP contribution in [0.15, 0.2) is 6.33 Å². The standard InChI is InChI=1S/C14H26N4/c1-14(2,3)11(8-9-15)4-7-13-17-16-10-18(13)12-5-6-12/h10-12H,4-9,15H2,1-3H3. The second kappa shape index (κ2) is 5.39. The molecule has 1 fully saturated rings. The zero-order valence-corrected chi connectivity index (χ0v) is 11.9. The molecule has 1 aromatic rings. The zero-order chi connectivity index (χ0) is 13.2. The fourth-order valence-corrected chi connectivity index (χ4v) is 2.62. The molecule has 0 radical (unpaired) electrons. The molecule has 2 rings (SSSR count). The third-order valence-electron chi connectivity index (χ3n) is 4.04. The number of hydrogen-bond acceptors (Lipinski definition) is 3. The van der Waals surface area contributed by atoms with E-state index in [1.807, 2.05) is 6.33 Å². The molecule has 1 atom stereocenters. The number of nitrogens with zero attached hydrogens (tertiary/aromatic N) is 3. The smallest absolute Gasteiger partial charge is 0.133 e. The molecule has 1 aromatic heterocycles. The first-order valence-corrected chi connectivity index (χ1v) is 7.11. The summed E-state index contributed by atoms with van der Waals surface area (Å²) in [5, 5.41) is 8.33. The second-order valence-electron chi connectivity index (χ2n) is 6.56. The lowest BCUT2D eigenvalue weighted by Crippen LogP contribution is -2.24. The van der Waals surface area contributed by atoms with Gasteiger partial charge in [-0.25, -0.2) is 0 Å². The van der Waals surface area contributed by atoms with Gasteiger partial charge in [-0.3, -0.25) is 0 Å². The monoisotopic (exact) mass is 250 g/mol. The highest BCUT2D eigenvalue weighted by molar-refractivity contribution is 4.95. The maximum atomic E-state index is 5.73. The van der Waals surface area contributed by atoms with E-state index in [1.165, 1.54) is 12.8 Å². The van der Waals surface area contributed by atoms with Crippen molar-refractivity contribution in [1.29, 1.82) is 0 Å². The first kappa shape index (κ1) is 13.5. The van der Waals surface area contributed by atoms with Crippen molar-refractivity contribution < 1.29 is 0 Å². The maximum absolute atomic E-state index is 5.73. The van der Waals surface area contributed by atoms with E-state index in [1.54, 1.807) is 0 Å². The normalized spacial score (nSPS) is 18.0. The number of aromatic nitrogens is 3. The lowest BCUT2D eigenvalue weighted by atomic mass is 9.76. The molecule has 0 aromatic carbocycles. The molecule has 0 saturated heterocycles. The summed E-state index contributed by atoms with van der Waals surface area (Å²) in [7, 11) is 0. The van der Waals surface area contributed by atoms with Crippen molar-refractivity contribution in [3.63, 3.8) is 0 Å². The van der Waals surface area contributed by atoms with Gasteiger partial charge in [0.1, 0.15) is 12.2 Å². The predicted molar refractivity (Wildman–Crippen MR) is 73.2 cm³/mol. The van der Waals surface area contributed by atoms with Gasteiger partial charge >= 0.3 is 0 Å². The van der Waals surface area contributed by atoms with Crippen LogP contribution < -0.4 is 5.73 Å². The maximum Gasteiger partial charge on any atom is 0.133 e. The summed E-state index contributed by atoms with van der Waals surface area (Å²) in [5.74, 6) is 1.82.